The van der Waals surface area contributed by atoms with Gasteiger partial charge in [0.05, 0.1) is 15.1 Å². The largest absolute Gasteiger partial charge is 0.347 e. The molecule has 136 valence electrons. The van der Waals surface area contributed by atoms with Gasteiger partial charge in [-0.05, 0) is 36.8 Å². The van der Waals surface area contributed by atoms with E-state index in [-0.39, 0.29) is 0 Å². The van der Waals surface area contributed by atoms with E-state index in [1.54, 1.807) is 39.9 Å². The molecule has 1 aliphatic rings. The van der Waals surface area contributed by atoms with Crippen molar-refractivity contribution in [1.82, 2.24) is 9.29 Å². The van der Waals surface area contributed by atoms with E-state index in [9.17, 15) is 8.42 Å². The van der Waals surface area contributed by atoms with Gasteiger partial charge in [-0.25, -0.2) is 13.4 Å². The zero-order chi connectivity index (χ0) is 18.1. The molecule has 2 aromatic carbocycles. The summed E-state index contributed by atoms with van der Waals surface area (Å²) in [6, 6.07) is 14.3. The average molecular weight is 408 g/mol. The molecule has 1 saturated heterocycles. The van der Waals surface area contributed by atoms with Gasteiger partial charge in [-0.15, -0.1) is 0 Å². The molecule has 2 heterocycles. The fraction of sp³-hybridized carbons (Fsp3) is 0.278. The van der Waals surface area contributed by atoms with Crippen LogP contribution in [0.25, 0.3) is 10.2 Å². The summed E-state index contributed by atoms with van der Waals surface area (Å²) in [6.07, 6.45) is 0.767. The zero-order valence-electron chi connectivity index (χ0n) is 14.0. The van der Waals surface area contributed by atoms with Crippen molar-refractivity contribution in [2.45, 2.75) is 11.3 Å². The quantitative estimate of drug-likeness (QED) is 0.661. The van der Waals surface area contributed by atoms with Crippen molar-refractivity contribution in [3.8, 4) is 0 Å². The first-order valence-electron chi connectivity index (χ1n) is 8.40. The van der Waals surface area contributed by atoms with E-state index in [1.165, 1.54) is 0 Å². The van der Waals surface area contributed by atoms with E-state index in [1.807, 2.05) is 24.3 Å². The lowest BCUT2D eigenvalue weighted by Gasteiger charge is -2.21. The summed E-state index contributed by atoms with van der Waals surface area (Å²) in [5.74, 6) is 0. The number of thiazole rings is 1. The molecule has 26 heavy (non-hydrogen) atoms. The second kappa shape index (κ2) is 7.15. The molecule has 0 atom stereocenters. The highest BCUT2D eigenvalue weighted by Crippen LogP contribution is 2.31. The fourth-order valence-electron chi connectivity index (χ4n) is 3.09. The highest BCUT2D eigenvalue weighted by Gasteiger charge is 2.27. The molecule has 0 saturated carbocycles. The Morgan fingerprint density at radius 1 is 1.00 bits per heavy atom. The number of benzene rings is 2. The maximum Gasteiger partial charge on any atom is 0.243 e. The first-order chi connectivity index (χ1) is 12.5. The number of nitrogens with zero attached hydrogens (tertiary/aromatic N) is 3. The van der Waals surface area contributed by atoms with Crippen molar-refractivity contribution in [2.24, 2.45) is 0 Å². The van der Waals surface area contributed by atoms with E-state index in [0.717, 1.165) is 28.3 Å². The lowest BCUT2D eigenvalue weighted by molar-refractivity contribution is 0.433. The van der Waals surface area contributed by atoms with Crippen molar-refractivity contribution >= 4 is 48.3 Å². The number of hydrogen-bond acceptors (Lipinski definition) is 5. The van der Waals surface area contributed by atoms with Crippen LogP contribution in [0.5, 0.6) is 0 Å². The third kappa shape index (κ3) is 3.44. The molecule has 4 rings (SSSR count). The minimum Gasteiger partial charge on any atom is -0.347 e. The van der Waals surface area contributed by atoms with E-state index in [2.05, 4.69) is 9.88 Å². The summed E-state index contributed by atoms with van der Waals surface area (Å²) < 4.78 is 28.3. The highest BCUT2D eigenvalue weighted by molar-refractivity contribution is 7.89. The topological polar surface area (TPSA) is 53.5 Å². The number of hydrogen-bond donors (Lipinski definition) is 0. The minimum atomic E-state index is -3.45. The van der Waals surface area contributed by atoms with E-state index >= 15 is 0 Å². The molecule has 0 unspecified atom stereocenters. The molecule has 0 aliphatic carbocycles. The normalized spacial score (nSPS) is 16.7. The summed E-state index contributed by atoms with van der Waals surface area (Å²) in [5, 5.41) is 1.62. The Hall–Kier alpha value is -1.67. The Kier molecular flexibility index (Phi) is 4.88. The Balaban J connectivity index is 1.54. The van der Waals surface area contributed by atoms with Crippen LogP contribution < -0.4 is 4.90 Å². The third-order valence-electron chi connectivity index (χ3n) is 4.45. The van der Waals surface area contributed by atoms with Crippen molar-refractivity contribution in [3.05, 3.63) is 53.6 Å². The van der Waals surface area contributed by atoms with Gasteiger partial charge in [0.2, 0.25) is 10.0 Å². The number of halogens is 1. The SMILES string of the molecule is O=S(=O)(c1ccccc1)N1CCCN(c2nc3ccc(Cl)cc3s2)CC1. The van der Waals surface area contributed by atoms with Gasteiger partial charge in [0.1, 0.15) is 0 Å². The Bertz CT molecular complexity index is 1020. The fourth-order valence-corrected chi connectivity index (χ4v) is 5.87. The van der Waals surface area contributed by atoms with Gasteiger partial charge in [-0.2, -0.15) is 4.31 Å². The van der Waals surface area contributed by atoms with Gasteiger partial charge in [-0.3, -0.25) is 0 Å². The van der Waals surface area contributed by atoms with Crippen LogP contribution in [-0.2, 0) is 10.0 Å². The molecule has 0 radical (unpaired) electrons. The maximum absolute atomic E-state index is 12.8. The summed E-state index contributed by atoms with van der Waals surface area (Å²) in [4.78, 5) is 7.20. The Morgan fingerprint density at radius 2 is 1.81 bits per heavy atom. The lowest BCUT2D eigenvalue weighted by atomic mass is 10.3. The van der Waals surface area contributed by atoms with E-state index in [4.69, 9.17) is 11.6 Å². The first-order valence-corrected chi connectivity index (χ1v) is 11.0. The number of sulfonamides is 1. The molecule has 0 spiro atoms. The lowest BCUT2D eigenvalue weighted by Crippen LogP contribution is -2.35. The molecular weight excluding hydrogens is 390 g/mol. The predicted molar refractivity (Wildman–Crippen MR) is 107 cm³/mol. The summed E-state index contributed by atoms with van der Waals surface area (Å²) in [5.41, 5.74) is 0.924. The average Bonchev–Trinajstić information content (AvgIpc) is 2.89. The minimum absolute atomic E-state index is 0.350. The second-order valence-corrected chi connectivity index (χ2v) is 9.55. The molecule has 3 aromatic rings. The van der Waals surface area contributed by atoms with Gasteiger partial charge >= 0.3 is 0 Å². The molecule has 1 aliphatic heterocycles. The van der Waals surface area contributed by atoms with Crippen LogP contribution in [0.2, 0.25) is 5.02 Å². The number of aromatic nitrogens is 1. The molecule has 1 aromatic heterocycles. The Labute approximate surface area is 161 Å². The predicted octanol–water partition coefficient (Wildman–Crippen LogP) is 3.85. The summed E-state index contributed by atoms with van der Waals surface area (Å²) in [7, 11) is -3.45. The van der Waals surface area contributed by atoms with Crippen molar-refractivity contribution in [1.29, 1.82) is 0 Å². The van der Waals surface area contributed by atoms with E-state index < -0.39 is 10.0 Å². The van der Waals surface area contributed by atoms with Crippen molar-refractivity contribution in [2.75, 3.05) is 31.1 Å². The molecule has 0 N–H and O–H groups in total. The second-order valence-electron chi connectivity index (χ2n) is 6.17. The van der Waals surface area contributed by atoms with Crippen molar-refractivity contribution < 1.29 is 8.42 Å². The van der Waals surface area contributed by atoms with Crippen LogP contribution >= 0.6 is 22.9 Å². The van der Waals surface area contributed by atoms with Crippen LogP contribution in [0.3, 0.4) is 0 Å². The van der Waals surface area contributed by atoms with Gasteiger partial charge < -0.3 is 4.90 Å². The molecular formula is C18H18ClN3O2S2. The molecule has 5 nitrogen and oxygen atoms in total. The molecule has 1 fully saturated rings. The maximum atomic E-state index is 12.8. The molecule has 0 amide bonds. The van der Waals surface area contributed by atoms with Gasteiger partial charge in [0, 0.05) is 31.2 Å². The third-order valence-corrected chi connectivity index (χ3v) is 7.67. The smallest absolute Gasteiger partial charge is 0.243 e. The Morgan fingerprint density at radius 3 is 2.62 bits per heavy atom. The summed E-state index contributed by atoms with van der Waals surface area (Å²) in [6.45, 7) is 2.38. The number of anilines is 1. The van der Waals surface area contributed by atoms with Crippen LogP contribution in [0.15, 0.2) is 53.4 Å². The van der Waals surface area contributed by atoms with Crippen LogP contribution in [0.4, 0.5) is 5.13 Å². The van der Waals surface area contributed by atoms with Crippen molar-refractivity contribution in [3.63, 3.8) is 0 Å². The van der Waals surface area contributed by atoms with E-state index in [0.29, 0.717) is 29.6 Å². The van der Waals surface area contributed by atoms with Gasteiger partial charge in [0.15, 0.2) is 5.13 Å². The van der Waals surface area contributed by atoms with Crippen LogP contribution in [0.1, 0.15) is 6.42 Å². The van der Waals surface area contributed by atoms with Crippen LogP contribution in [0, 0.1) is 0 Å². The van der Waals surface area contributed by atoms with Gasteiger partial charge in [0.25, 0.3) is 0 Å². The summed E-state index contributed by atoms with van der Waals surface area (Å²) >= 11 is 7.65. The first kappa shape index (κ1) is 17.7. The van der Waals surface area contributed by atoms with Crippen LogP contribution in [-0.4, -0.2) is 43.9 Å². The zero-order valence-corrected chi connectivity index (χ0v) is 16.4. The standard InChI is InChI=1S/C18H18ClN3O2S2/c19-14-7-8-16-17(13-14)25-18(20-16)21-9-4-10-22(12-11-21)26(23,24)15-5-2-1-3-6-15/h1-3,5-8,13H,4,9-12H2. The monoisotopic (exact) mass is 407 g/mol. The highest BCUT2D eigenvalue weighted by atomic mass is 35.5. The molecule has 0 bridgehead atoms. The number of rotatable bonds is 3. The van der Waals surface area contributed by atoms with Gasteiger partial charge in [-0.1, -0.05) is 41.1 Å². The number of fused-ring (bicyclic) bond motifs is 1. The molecule has 8 heteroatoms.